The van der Waals surface area contributed by atoms with Crippen LogP contribution in [0.25, 0.3) is 0 Å². The molecule has 2 aliphatic carbocycles. The number of nitrogens with zero attached hydrogens (tertiary/aromatic N) is 2. The van der Waals surface area contributed by atoms with Crippen molar-refractivity contribution in [2.45, 2.75) is 45.2 Å². The van der Waals surface area contributed by atoms with Crippen LogP contribution < -0.4 is 0 Å². The third-order valence-electron chi connectivity index (χ3n) is 5.76. The average Bonchev–Trinajstić information content (AvgIpc) is 3.32. The number of amides is 2. The lowest BCUT2D eigenvalue weighted by Crippen LogP contribution is -2.46. The fraction of sp³-hybridized carbons (Fsp3) is 0.478. The first kappa shape index (κ1) is 19.2. The molecule has 0 bridgehead atoms. The zero-order valence-corrected chi connectivity index (χ0v) is 17.1. The zero-order valence-electron chi connectivity index (χ0n) is 16.3. The van der Waals surface area contributed by atoms with Crippen LogP contribution in [0.4, 0.5) is 0 Å². The van der Waals surface area contributed by atoms with Gasteiger partial charge in [-0.25, -0.2) is 0 Å². The van der Waals surface area contributed by atoms with Crippen molar-refractivity contribution in [2.24, 2.45) is 11.8 Å². The molecule has 0 spiro atoms. The Bertz CT molecular complexity index is 782. The van der Waals surface area contributed by atoms with Gasteiger partial charge in [0.1, 0.15) is 0 Å². The minimum Gasteiger partial charge on any atom is -0.333 e. The van der Waals surface area contributed by atoms with Crippen molar-refractivity contribution in [3.8, 4) is 0 Å². The minimum atomic E-state index is 0.0468. The maximum atomic E-state index is 13.3. The number of hydrogen-bond acceptors (Lipinski definition) is 3. The number of thiophene rings is 1. The molecule has 0 aliphatic heterocycles. The van der Waals surface area contributed by atoms with E-state index in [0.717, 1.165) is 31.4 Å². The maximum absolute atomic E-state index is 13.3. The summed E-state index contributed by atoms with van der Waals surface area (Å²) in [6.07, 6.45) is 5.48. The van der Waals surface area contributed by atoms with Crippen LogP contribution in [0.3, 0.4) is 0 Å². The van der Waals surface area contributed by atoms with Gasteiger partial charge in [-0.15, -0.1) is 11.3 Å². The molecule has 1 aromatic carbocycles. The molecule has 4 nitrogen and oxygen atoms in total. The van der Waals surface area contributed by atoms with Gasteiger partial charge in [0.05, 0.1) is 13.1 Å². The molecule has 0 radical (unpaired) electrons. The van der Waals surface area contributed by atoms with E-state index in [1.807, 2.05) is 39.4 Å². The molecule has 2 aromatic rings. The molecule has 2 fully saturated rings. The molecule has 0 atom stereocenters. The fourth-order valence-corrected chi connectivity index (χ4v) is 4.37. The molecule has 5 heteroatoms. The van der Waals surface area contributed by atoms with Gasteiger partial charge in [-0.1, -0.05) is 42.8 Å². The first-order chi connectivity index (χ1) is 13.7. The normalized spacial score (nSPS) is 16.4. The average molecular weight is 397 g/mol. The summed E-state index contributed by atoms with van der Waals surface area (Å²) in [4.78, 5) is 31.1. The first-order valence-corrected chi connectivity index (χ1v) is 11.2. The molecule has 0 saturated heterocycles. The molecule has 2 aliphatic rings. The van der Waals surface area contributed by atoms with Crippen molar-refractivity contribution >= 4 is 23.2 Å². The topological polar surface area (TPSA) is 40.6 Å². The highest BCUT2D eigenvalue weighted by molar-refractivity contribution is 7.09. The van der Waals surface area contributed by atoms with Gasteiger partial charge in [-0.05, 0) is 48.6 Å². The predicted octanol–water partition coefficient (Wildman–Crippen LogP) is 4.32. The summed E-state index contributed by atoms with van der Waals surface area (Å²) in [5.41, 5.74) is 1.12. The van der Waals surface area contributed by atoms with Gasteiger partial charge in [0.15, 0.2) is 0 Å². The minimum absolute atomic E-state index is 0.0468. The summed E-state index contributed by atoms with van der Waals surface area (Å²) in [7, 11) is 0. The van der Waals surface area contributed by atoms with Gasteiger partial charge in [0.25, 0.3) is 0 Å². The van der Waals surface area contributed by atoms with Crippen LogP contribution in [0.1, 0.15) is 42.5 Å². The van der Waals surface area contributed by atoms with Gasteiger partial charge in [0, 0.05) is 23.9 Å². The van der Waals surface area contributed by atoms with E-state index in [1.165, 1.54) is 17.7 Å². The lowest BCUT2D eigenvalue weighted by molar-refractivity contribution is -0.145. The Morgan fingerprint density at radius 2 is 1.71 bits per heavy atom. The van der Waals surface area contributed by atoms with Crippen LogP contribution in [-0.2, 0) is 22.7 Å². The van der Waals surface area contributed by atoms with Crippen LogP contribution in [0.15, 0.2) is 47.8 Å². The second kappa shape index (κ2) is 8.91. The Kier molecular flexibility index (Phi) is 6.10. The zero-order chi connectivity index (χ0) is 19.3. The Morgan fingerprint density at radius 3 is 2.32 bits per heavy atom. The smallest absolute Gasteiger partial charge is 0.242 e. The fourth-order valence-electron chi connectivity index (χ4n) is 3.65. The molecule has 2 saturated carbocycles. The predicted molar refractivity (Wildman–Crippen MR) is 112 cm³/mol. The maximum Gasteiger partial charge on any atom is 0.242 e. The summed E-state index contributed by atoms with van der Waals surface area (Å²) < 4.78 is 0. The van der Waals surface area contributed by atoms with Crippen molar-refractivity contribution in [1.82, 2.24) is 9.80 Å². The Morgan fingerprint density at radius 1 is 0.929 bits per heavy atom. The van der Waals surface area contributed by atoms with Gasteiger partial charge in [-0.3, -0.25) is 9.59 Å². The number of rotatable bonds is 9. The van der Waals surface area contributed by atoms with E-state index in [0.29, 0.717) is 19.0 Å². The van der Waals surface area contributed by atoms with Gasteiger partial charge in [-0.2, -0.15) is 0 Å². The highest BCUT2D eigenvalue weighted by atomic mass is 32.1. The largest absolute Gasteiger partial charge is 0.333 e. The van der Waals surface area contributed by atoms with Crippen molar-refractivity contribution in [2.75, 3.05) is 13.1 Å². The molecule has 1 heterocycles. The second-order valence-corrected chi connectivity index (χ2v) is 9.14. The third kappa shape index (κ3) is 5.02. The number of hydrogen-bond donors (Lipinski definition) is 0. The van der Waals surface area contributed by atoms with Gasteiger partial charge >= 0.3 is 0 Å². The molecule has 1 aromatic heterocycles. The van der Waals surface area contributed by atoms with E-state index in [4.69, 9.17) is 0 Å². The highest BCUT2D eigenvalue weighted by Crippen LogP contribution is 2.33. The molecule has 4 rings (SSSR count). The molecule has 28 heavy (non-hydrogen) atoms. The number of benzene rings is 1. The van der Waals surface area contributed by atoms with Crippen LogP contribution in [0, 0.1) is 11.8 Å². The summed E-state index contributed by atoms with van der Waals surface area (Å²) >= 11 is 1.67. The summed E-state index contributed by atoms with van der Waals surface area (Å²) in [5, 5.41) is 2.04. The Labute approximate surface area is 171 Å². The third-order valence-corrected chi connectivity index (χ3v) is 6.62. The highest BCUT2D eigenvalue weighted by Gasteiger charge is 2.34. The summed E-state index contributed by atoms with van der Waals surface area (Å²) in [6, 6.07) is 14.2. The Hall–Kier alpha value is -2.14. The first-order valence-electron chi connectivity index (χ1n) is 10.3. The SMILES string of the molecule is O=C(CN(CC1CC1)C(=O)C1CCC1)N(Cc1ccccc1)Cc1cccs1. The molecular formula is C23H28N2O2S. The van der Waals surface area contributed by atoms with Crippen LogP contribution in [-0.4, -0.2) is 34.7 Å². The molecule has 0 unspecified atom stereocenters. The van der Waals surface area contributed by atoms with Crippen molar-refractivity contribution in [3.63, 3.8) is 0 Å². The van der Waals surface area contributed by atoms with E-state index in [1.54, 1.807) is 11.3 Å². The Balaban J connectivity index is 1.46. The lowest BCUT2D eigenvalue weighted by Gasteiger charge is -2.33. The van der Waals surface area contributed by atoms with Gasteiger partial charge in [0.2, 0.25) is 11.8 Å². The molecular weight excluding hydrogens is 368 g/mol. The van der Waals surface area contributed by atoms with Crippen LogP contribution >= 0.6 is 11.3 Å². The lowest BCUT2D eigenvalue weighted by atomic mass is 9.84. The van der Waals surface area contributed by atoms with E-state index in [2.05, 4.69) is 18.2 Å². The molecule has 2 amide bonds. The van der Waals surface area contributed by atoms with Crippen molar-refractivity contribution in [1.29, 1.82) is 0 Å². The van der Waals surface area contributed by atoms with Crippen molar-refractivity contribution < 1.29 is 9.59 Å². The second-order valence-electron chi connectivity index (χ2n) is 8.10. The van der Waals surface area contributed by atoms with E-state index in [-0.39, 0.29) is 24.3 Å². The van der Waals surface area contributed by atoms with E-state index < -0.39 is 0 Å². The van der Waals surface area contributed by atoms with Crippen LogP contribution in [0.2, 0.25) is 0 Å². The quantitative estimate of drug-likeness (QED) is 0.633. The van der Waals surface area contributed by atoms with Crippen LogP contribution in [0.5, 0.6) is 0 Å². The van der Waals surface area contributed by atoms with E-state index in [9.17, 15) is 9.59 Å². The molecule has 0 N–H and O–H groups in total. The van der Waals surface area contributed by atoms with Gasteiger partial charge < -0.3 is 9.80 Å². The number of carbonyl (C=O) groups is 2. The number of carbonyl (C=O) groups excluding carboxylic acids is 2. The monoisotopic (exact) mass is 396 g/mol. The molecule has 148 valence electrons. The van der Waals surface area contributed by atoms with E-state index >= 15 is 0 Å². The van der Waals surface area contributed by atoms with Crippen molar-refractivity contribution in [3.05, 3.63) is 58.3 Å². The summed E-state index contributed by atoms with van der Waals surface area (Å²) in [6.45, 7) is 2.13. The summed E-state index contributed by atoms with van der Waals surface area (Å²) in [5.74, 6) is 0.982. The standard InChI is InChI=1S/C23H28N2O2S/c26-22(17-25(15-19-11-12-19)23(27)20-8-4-9-20)24(16-21-10-5-13-28-21)14-18-6-2-1-3-7-18/h1-3,5-7,10,13,19-20H,4,8-9,11-12,14-17H2.